The standard InChI is InChI=1S/C11H21N7O/c1-3-17(4-2)11-14-9(12)13-10(15-11)16-18-5-7-19-8-6-18/h3-8H2,1-2H3,(H3,12,13,14,15,16). The average molecular weight is 267 g/mol. The van der Waals surface area contributed by atoms with Crippen molar-refractivity contribution in [1.82, 2.24) is 20.0 Å². The summed E-state index contributed by atoms with van der Waals surface area (Å²) in [7, 11) is 0. The van der Waals surface area contributed by atoms with Gasteiger partial charge in [0, 0.05) is 26.2 Å². The molecule has 8 heteroatoms. The molecule has 0 spiro atoms. The molecule has 1 saturated heterocycles. The Morgan fingerprint density at radius 3 is 2.53 bits per heavy atom. The number of aromatic nitrogens is 3. The number of nitrogen functional groups attached to an aromatic ring is 1. The van der Waals surface area contributed by atoms with Gasteiger partial charge in [-0.1, -0.05) is 0 Å². The Labute approximate surface area is 112 Å². The van der Waals surface area contributed by atoms with E-state index in [9.17, 15) is 0 Å². The van der Waals surface area contributed by atoms with E-state index in [1.807, 2.05) is 9.91 Å². The highest BCUT2D eigenvalue weighted by molar-refractivity contribution is 5.41. The monoisotopic (exact) mass is 267 g/mol. The quantitative estimate of drug-likeness (QED) is 0.767. The first-order valence-electron chi connectivity index (χ1n) is 6.58. The third-order valence-electron chi connectivity index (χ3n) is 2.96. The van der Waals surface area contributed by atoms with Gasteiger partial charge in [-0.25, -0.2) is 5.01 Å². The second-order valence-corrected chi connectivity index (χ2v) is 4.20. The van der Waals surface area contributed by atoms with E-state index >= 15 is 0 Å². The maximum absolute atomic E-state index is 5.74. The number of nitrogens with two attached hydrogens (primary N) is 1. The molecule has 106 valence electrons. The van der Waals surface area contributed by atoms with Crippen molar-refractivity contribution < 1.29 is 4.74 Å². The van der Waals surface area contributed by atoms with Crippen molar-refractivity contribution in [3.8, 4) is 0 Å². The van der Waals surface area contributed by atoms with Gasteiger partial charge >= 0.3 is 0 Å². The summed E-state index contributed by atoms with van der Waals surface area (Å²) in [5.41, 5.74) is 8.89. The molecule has 1 aliphatic rings. The molecule has 0 aliphatic carbocycles. The van der Waals surface area contributed by atoms with Gasteiger partial charge < -0.3 is 15.4 Å². The van der Waals surface area contributed by atoms with Gasteiger partial charge in [-0.05, 0) is 13.8 Å². The number of anilines is 3. The maximum Gasteiger partial charge on any atom is 0.244 e. The van der Waals surface area contributed by atoms with Crippen LogP contribution >= 0.6 is 0 Å². The number of morpholine rings is 1. The van der Waals surface area contributed by atoms with E-state index < -0.39 is 0 Å². The van der Waals surface area contributed by atoms with Crippen molar-refractivity contribution in [3.05, 3.63) is 0 Å². The molecule has 1 fully saturated rings. The first-order valence-corrected chi connectivity index (χ1v) is 6.58. The summed E-state index contributed by atoms with van der Waals surface area (Å²) in [6, 6.07) is 0. The van der Waals surface area contributed by atoms with Crippen LogP contribution in [0.25, 0.3) is 0 Å². The van der Waals surface area contributed by atoms with Crippen molar-refractivity contribution in [3.63, 3.8) is 0 Å². The predicted molar refractivity (Wildman–Crippen MR) is 73.8 cm³/mol. The van der Waals surface area contributed by atoms with Crippen LogP contribution < -0.4 is 16.1 Å². The zero-order chi connectivity index (χ0) is 13.7. The van der Waals surface area contributed by atoms with E-state index in [2.05, 4.69) is 34.2 Å². The summed E-state index contributed by atoms with van der Waals surface area (Å²) in [5.74, 6) is 1.32. The Balaban J connectivity index is 2.11. The highest BCUT2D eigenvalue weighted by atomic mass is 16.5. The first kappa shape index (κ1) is 13.8. The number of hydrogen-bond acceptors (Lipinski definition) is 8. The highest BCUT2D eigenvalue weighted by Gasteiger charge is 2.14. The Morgan fingerprint density at radius 1 is 1.21 bits per heavy atom. The number of ether oxygens (including phenoxy) is 1. The van der Waals surface area contributed by atoms with Crippen LogP contribution in [-0.4, -0.2) is 59.4 Å². The molecule has 0 aromatic carbocycles. The number of rotatable bonds is 5. The van der Waals surface area contributed by atoms with Gasteiger partial charge in [0.1, 0.15) is 0 Å². The number of hydrogen-bond donors (Lipinski definition) is 2. The zero-order valence-electron chi connectivity index (χ0n) is 11.5. The molecule has 8 nitrogen and oxygen atoms in total. The van der Waals surface area contributed by atoms with E-state index in [0.717, 1.165) is 26.2 Å². The van der Waals surface area contributed by atoms with Gasteiger partial charge in [0.15, 0.2) is 0 Å². The zero-order valence-corrected chi connectivity index (χ0v) is 11.5. The molecule has 0 radical (unpaired) electrons. The van der Waals surface area contributed by atoms with Crippen LogP contribution in [0.4, 0.5) is 17.8 Å². The molecule has 2 heterocycles. The molecule has 3 N–H and O–H groups in total. The van der Waals surface area contributed by atoms with E-state index in [1.54, 1.807) is 0 Å². The van der Waals surface area contributed by atoms with E-state index in [1.165, 1.54) is 0 Å². The lowest BCUT2D eigenvalue weighted by Gasteiger charge is -2.27. The lowest BCUT2D eigenvalue weighted by Crippen LogP contribution is -2.41. The molecular formula is C11H21N7O. The van der Waals surface area contributed by atoms with Crippen molar-refractivity contribution >= 4 is 17.8 Å². The lowest BCUT2D eigenvalue weighted by molar-refractivity contribution is 0.0492. The summed E-state index contributed by atoms with van der Waals surface area (Å²) in [6.45, 7) is 8.77. The molecular weight excluding hydrogens is 246 g/mol. The molecule has 0 amide bonds. The number of hydrazine groups is 1. The third-order valence-corrected chi connectivity index (χ3v) is 2.96. The molecule has 0 saturated carbocycles. The van der Waals surface area contributed by atoms with Gasteiger partial charge in [0.25, 0.3) is 0 Å². The van der Waals surface area contributed by atoms with Crippen LogP contribution in [0.15, 0.2) is 0 Å². The fourth-order valence-electron chi connectivity index (χ4n) is 1.90. The van der Waals surface area contributed by atoms with Crippen LogP contribution in [0.3, 0.4) is 0 Å². The summed E-state index contributed by atoms with van der Waals surface area (Å²) in [5, 5.41) is 2.02. The fraction of sp³-hybridized carbons (Fsp3) is 0.727. The number of nitrogens with one attached hydrogen (secondary N) is 1. The van der Waals surface area contributed by atoms with Gasteiger partial charge in [-0.3, -0.25) is 5.43 Å². The summed E-state index contributed by atoms with van der Waals surface area (Å²) in [4.78, 5) is 14.7. The summed E-state index contributed by atoms with van der Waals surface area (Å²) in [6.07, 6.45) is 0. The molecule has 2 rings (SSSR count). The summed E-state index contributed by atoms with van der Waals surface area (Å²) < 4.78 is 5.29. The topological polar surface area (TPSA) is 92.4 Å². The minimum atomic E-state index is 0.229. The van der Waals surface area contributed by atoms with Crippen molar-refractivity contribution in [2.45, 2.75) is 13.8 Å². The van der Waals surface area contributed by atoms with Crippen LogP contribution in [0.1, 0.15) is 13.8 Å². The van der Waals surface area contributed by atoms with Crippen LogP contribution in [-0.2, 0) is 4.74 Å². The smallest absolute Gasteiger partial charge is 0.244 e. The molecule has 1 aromatic rings. The Hall–Kier alpha value is -1.67. The first-order chi connectivity index (χ1) is 9.22. The van der Waals surface area contributed by atoms with Gasteiger partial charge in [-0.2, -0.15) is 15.0 Å². The van der Waals surface area contributed by atoms with Crippen molar-refractivity contribution in [1.29, 1.82) is 0 Å². The second-order valence-electron chi connectivity index (χ2n) is 4.20. The lowest BCUT2D eigenvalue weighted by atomic mass is 10.5. The Morgan fingerprint density at radius 2 is 1.89 bits per heavy atom. The van der Waals surface area contributed by atoms with Crippen LogP contribution in [0, 0.1) is 0 Å². The Bertz CT molecular complexity index is 404. The highest BCUT2D eigenvalue weighted by Crippen LogP contribution is 2.12. The molecule has 0 unspecified atom stereocenters. The minimum absolute atomic E-state index is 0.229. The minimum Gasteiger partial charge on any atom is -0.379 e. The summed E-state index contributed by atoms with van der Waals surface area (Å²) >= 11 is 0. The largest absolute Gasteiger partial charge is 0.379 e. The SMILES string of the molecule is CCN(CC)c1nc(N)nc(NN2CCOCC2)n1. The van der Waals surface area contributed by atoms with E-state index in [-0.39, 0.29) is 5.95 Å². The normalized spacial score (nSPS) is 16.3. The van der Waals surface area contributed by atoms with Crippen LogP contribution in [0.2, 0.25) is 0 Å². The second kappa shape index (κ2) is 6.48. The van der Waals surface area contributed by atoms with E-state index in [4.69, 9.17) is 10.5 Å². The molecule has 19 heavy (non-hydrogen) atoms. The Kier molecular flexibility index (Phi) is 4.69. The van der Waals surface area contributed by atoms with Crippen molar-refractivity contribution in [2.24, 2.45) is 0 Å². The fourth-order valence-corrected chi connectivity index (χ4v) is 1.90. The molecule has 0 bridgehead atoms. The van der Waals surface area contributed by atoms with Crippen LogP contribution in [0.5, 0.6) is 0 Å². The molecule has 1 aliphatic heterocycles. The molecule has 1 aromatic heterocycles. The van der Waals surface area contributed by atoms with Gasteiger partial charge in [0.2, 0.25) is 17.8 Å². The molecule has 0 atom stereocenters. The predicted octanol–water partition coefficient (Wildman–Crippen LogP) is -0.0409. The van der Waals surface area contributed by atoms with Gasteiger partial charge in [0.05, 0.1) is 13.2 Å². The number of nitrogens with zero attached hydrogens (tertiary/aromatic N) is 5. The van der Waals surface area contributed by atoms with E-state index in [0.29, 0.717) is 25.1 Å². The van der Waals surface area contributed by atoms with Gasteiger partial charge in [-0.15, -0.1) is 0 Å². The third kappa shape index (κ3) is 3.65. The van der Waals surface area contributed by atoms with Crippen molar-refractivity contribution in [2.75, 3.05) is 55.5 Å². The average Bonchev–Trinajstić information content (AvgIpc) is 2.40. The maximum atomic E-state index is 5.74.